The van der Waals surface area contributed by atoms with Crippen molar-refractivity contribution >= 4 is 47.8 Å². The summed E-state index contributed by atoms with van der Waals surface area (Å²) >= 11 is 0. The number of carboxylic acid groups (broad SMARTS) is 8. The number of nitrogens with two attached hydrogens (primary N) is 6. The van der Waals surface area contributed by atoms with Crippen LogP contribution in [0.4, 0.5) is 0 Å². The van der Waals surface area contributed by atoms with Crippen molar-refractivity contribution in [3.63, 3.8) is 0 Å². The van der Waals surface area contributed by atoms with Crippen LogP contribution in [-0.2, 0) is 39.3 Å². The van der Waals surface area contributed by atoms with E-state index in [2.05, 4.69) is 114 Å². The largest absolute Gasteiger partial charge is 0.545 e. The van der Waals surface area contributed by atoms with Crippen LogP contribution in [0.1, 0.15) is 116 Å². The lowest BCUT2D eigenvalue weighted by atomic mass is 10.1. The van der Waals surface area contributed by atoms with E-state index in [1.165, 1.54) is 106 Å². The Morgan fingerprint density at radius 1 is 0.235 bits per heavy atom. The first-order valence-electron chi connectivity index (χ1n) is 30.0. The van der Waals surface area contributed by atoms with Gasteiger partial charge in [0.2, 0.25) is 0 Å². The summed E-state index contributed by atoms with van der Waals surface area (Å²) in [4.78, 5) is 88.2. The molecule has 0 spiro atoms. The van der Waals surface area contributed by atoms with Gasteiger partial charge in [-0.15, -0.1) is 0 Å². The molecule has 12 aliphatic rings. The summed E-state index contributed by atoms with van der Waals surface area (Å²) in [5.74, 6) is -11.6. The molecule has 12 heterocycles. The van der Waals surface area contributed by atoms with Crippen LogP contribution in [0.5, 0.6) is 0 Å². The summed E-state index contributed by atoms with van der Waals surface area (Å²) < 4.78 is 0. The van der Waals surface area contributed by atoms with Gasteiger partial charge >= 0.3 is 11.9 Å². The third kappa shape index (κ3) is 37.1. The number of benzene rings is 7. The van der Waals surface area contributed by atoms with E-state index in [1.54, 1.807) is 0 Å². The van der Waals surface area contributed by atoms with Gasteiger partial charge in [0.1, 0.15) is 39.3 Å². The molecule has 0 radical (unpaired) electrons. The molecule has 34 N–H and O–H groups in total. The number of carbonyl (C=O) groups excluding carboxylic acids is 6. The van der Waals surface area contributed by atoms with Gasteiger partial charge in [-0.2, -0.15) is 0 Å². The van der Waals surface area contributed by atoms with E-state index in [9.17, 15) is 69.0 Å². The lowest BCUT2D eigenvalue weighted by Gasteiger charge is -2.20. The molecule has 12 aliphatic heterocycles. The Morgan fingerprint density at radius 3 is 0.480 bits per heavy atom. The Morgan fingerprint density at radius 2 is 0.363 bits per heavy atom. The average Bonchev–Trinajstić information content (AvgIpc) is 0.904. The van der Waals surface area contributed by atoms with Crippen molar-refractivity contribution in [1.82, 2.24) is 9.80 Å². The molecule has 7 aromatic rings. The van der Waals surface area contributed by atoms with E-state index in [4.69, 9.17) is 10.2 Å². The van der Waals surface area contributed by atoms with Gasteiger partial charge in [0.15, 0.2) is 0 Å². The van der Waals surface area contributed by atoms with Crippen LogP contribution in [0, 0.1) is 0 Å². The summed E-state index contributed by atoms with van der Waals surface area (Å²) in [6, 6.07) is 49.0. The Hall–Kier alpha value is -10.4. The third-order valence-electron chi connectivity index (χ3n) is 14.7. The van der Waals surface area contributed by atoms with E-state index >= 15 is 0 Å². The Bertz CT molecular complexity index is 2890. The topological polar surface area (TPSA) is 737 Å². The maximum atomic E-state index is 10.4. The molecule has 0 unspecified atom stereocenters. The van der Waals surface area contributed by atoms with Gasteiger partial charge in [-0.3, -0.25) is 9.80 Å². The summed E-state index contributed by atoms with van der Waals surface area (Å²) in [6.45, 7) is 20.1. The quantitative estimate of drug-likeness (QED) is 0.0700. The van der Waals surface area contributed by atoms with Crippen molar-refractivity contribution < 1.29 is 166 Å². The fourth-order valence-corrected chi connectivity index (χ4v) is 9.73. The summed E-state index contributed by atoms with van der Waals surface area (Å²) in [7, 11) is 0. The lowest BCUT2D eigenvalue weighted by molar-refractivity contribution is -0.679. The fourth-order valence-electron chi connectivity index (χ4n) is 9.73. The minimum absolute atomic E-state index is 0. The monoisotopic (exact) mass is 1440 g/mol. The Balaban J connectivity index is -0.000000327. The van der Waals surface area contributed by atoms with Gasteiger partial charge in [0.25, 0.3) is 0 Å². The molecule has 34 heteroatoms. The van der Waals surface area contributed by atoms with Crippen molar-refractivity contribution in [3.8, 4) is 0 Å². The Kier molecular flexibility index (Phi) is 56.7. The van der Waals surface area contributed by atoms with Crippen LogP contribution in [0.3, 0.4) is 0 Å². The van der Waals surface area contributed by atoms with Crippen LogP contribution in [0.15, 0.2) is 170 Å². The number of carbonyl (C=O) groups is 8. The van der Waals surface area contributed by atoms with E-state index in [1.807, 2.05) is 0 Å². The van der Waals surface area contributed by atoms with Gasteiger partial charge in [0.05, 0.1) is 86.2 Å². The molecule has 0 saturated heterocycles. The molecular formula is C68H98N8O26. The first-order chi connectivity index (χ1) is 44.3. The molecule has 34 nitrogen and oxygen atoms in total. The van der Waals surface area contributed by atoms with Crippen LogP contribution in [-0.4, -0.2) is 201 Å². The fraction of sp³-hybridized carbons (Fsp3) is 0.265. The number of quaternary nitrogens is 6. The lowest BCUT2D eigenvalue weighted by Crippen LogP contribution is -2.87. The van der Waals surface area contributed by atoms with Crippen molar-refractivity contribution in [3.05, 3.63) is 248 Å². The molecule has 0 saturated carbocycles. The van der Waals surface area contributed by atoms with Crippen molar-refractivity contribution in [1.29, 1.82) is 0 Å². The average molecular weight is 1440 g/mol. The number of aromatic carboxylic acids is 8. The highest BCUT2D eigenvalue weighted by Crippen LogP contribution is 2.11. The molecule has 0 atom stereocenters. The Labute approximate surface area is 587 Å². The molecule has 19 rings (SSSR count). The van der Waals surface area contributed by atoms with Gasteiger partial charge < -0.3 is 156 Å². The number of hydrogen-bond donors (Lipinski definition) is 8. The molecule has 102 heavy (non-hydrogen) atoms. The smallest absolute Gasteiger partial charge is 0.336 e. The zero-order valence-corrected chi connectivity index (χ0v) is 55.9. The van der Waals surface area contributed by atoms with Crippen molar-refractivity contribution in [2.75, 3.05) is 78.5 Å². The SMILES string of the molecule is O.O.O.O.O.O.O.O.O.O.O=C([O-])c1ccccc1C(=O)O.O=C([O-])c1ccccc1C(=O)O.O=C([O-])c1ccccc1C(=O)[O-].O=C([O-])c1ccccc1C(=O)[O-].c1cc2ccc1C[NH2+]CCN1CC[NH2+]Cc3ccc(cc3)C[NH2+]CCN(CC[NH2+]C2)CC[NH2+]Cc2ccc(cc2)C[NH2+]CC1. The summed E-state index contributed by atoms with van der Waals surface area (Å²) in [5.41, 5.74) is 6.03. The molecule has 566 valence electrons. The summed E-state index contributed by atoms with van der Waals surface area (Å²) in [6.07, 6.45) is 0. The standard InChI is InChI=1S/C36H54N8.4C8H6O4.10H2O/c1-2-32-4-3-31(1)25-37-13-19-43-21-15-39-27-33-5-9-35(10-6-33)29-41-17-23-44(20-14-38-26-32)24-18-42-30-36-11-7-34(8-12-36)28-40-16-22-43;4*9-7(10)5-3-1-2-4-6(5)8(11)12;;;;;;;;;;/h1-12,37-42H,13-30H2;4*1-4H,(H,9,10)(H,11,12);10*1H2. The van der Waals surface area contributed by atoms with Crippen LogP contribution >= 0.6 is 0 Å². The van der Waals surface area contributed by atoms with E-state index in [0.717, 1.165) is 142 Å². The van der Waals surface area contributed by atoms with E-state index in [0.29, 0.717) is 0 Å². The molecule has 0 fully saturated rings. The summed E-state index contributed by atoms with van der Waals surface area (Å²) in [5, 5.41) is 94.0. The normalized spacial score (nSPS) is 14.2. The van der Waals surface area contributed by atoms with E-state index < -0.39 is 47.8 Å². The number of hydrogen-bond acceptors (Lipinski definition) is 16. The first kappa shape index (κ1) is 103. The highest BCUT2D eigenvalue weighted by Gasteiger charge is 2.14. The van der Waals surface area contributed by atoms with Crippen molar-refractivity contribution in [2.45, 2.75) is 39.3 Å². The first-order valence-corrected chi connectivity index (χ1v) is 30.0. The van der Waals surface area contributed by atoms with Crippen LogP contribution in [0.25, 0.3) is 0 Å². The zero-order chi connectivity index (χ0) is 66.6. The maximum absolute atomic E-state index is 10.4. The molecule has 0 aliphatic carbocycles. The van der Waals surface area contributed by atoms with E-state index in [-0.39, 0.29) is 99.3 Å². The predicted octanol–water partition coefficient (Wildman–Crippen LogP) is -15.8. The van der Waals surface area contributed by atoms with Crippen LogP contribution in [0.2, 0.25) is 0 Å². The second kappa shape index (κ2) is 56.3. The minimum atomic E-state index is -1.52. The molecule has 0 aromatic heterocycles. The highest BCUT2D eigenvalue weighted by atomic mass is 16.4. The molecule has 7 aromatic carbocycles. The zero-order valence-electron chi connectivity index (χ0n) is 55.9. The third-order valence-corrected chi connectivity index (χ3v) is 14.7. The number of nitrogens with zero attached hydrogens (tertiary/aromatic N) is 2. The van der Waals surface area contributed by atoms with Gasteiger partial charge in [-0.25, -0.2) is 9.59 Å². The molecular weight excluding hydrogens is 1340 g/mol. The molecule has 0 amide bonds. The van der Waals surface area contributed by atoms with Gasteiger partial charge in [0, 0.05) is 106 Å². The second-order valence-corrected chi connectivity index (χ2v) is 21.3. The van der Waals surface area contributed by atoms with Gasteiger partial charge in [-0.1, -0.05) is 158 Å². The number of carboxylic acids is 8. The van der Waals surface area contributed by atoms with Gasteiger partial charge in [-0.05, 0) is 12.1 Å². The predicted molar refractivity (Wildman–Crippen MR) is 357 cm³/mol. The number of rotatable bonds is 8. The van der Waals surface area contributed by atoms with Crippen LogP contribution < -0.4 is 62.5 Å². The molecule has 8 bridgehead atoms. The van der Waals surface area contributed by atoms with Crippen molar-refractivity contribution in [2.24, 2.45) is 0 Å². The maximum Gasteiger partial charge on any atom is 0.336 e. The minimum Gasteiger partial charge on any atom is -0.545 e. The highest BCUT2D eigenvalue weighted by molar-refractivity contribution is 6.02. The second-order valence-electron chi connectivity index (χ2n) is 21.3.